The highest BCUT2D eigenvalue weighted by Gasteiger charge is 2.26. The van der Waals surface area contributed by atoms with Crippen LogP contribution in [-0.4, -0.2) is 47.6 Å². The first-order valence-corrected chi connectivity index (χ1v) is 6.99. The van der Waals surface area contributed by atoms with Crippen LogP contribution in [0.4, 0.5) is 9.93 Å². The highest BCUT2D eigenvalue weighted by atomic mass is 79.9. The lowest BCUT2D eigenvalue weighted by atomic mass is 10.2. The number of anilines is 1. The average molecular weight is 356 g/mol. The van der Waals surface area contributed by atoms with E-state index in [4.69, 9.17) is 15.7 Å². The Morgan fingerprint density at radius 2 is 2.11 bits per heavy atom. The number of amides is 1. The maximum absolute atomic E-state index is 12.5. The lowest BCUT2D eigenvalue weighted by Crippen LogP contribution is -2.50. The van der Waals surface area contributed by atoms with Gasteiger partial charge in [-0.2, -0.15) is 0 Å². The lowest BCUT2D eigenvalue weighted by molar-refractivity contribution is 0.0240. The zero-order chi connectivity index (χ0) is 21.2. The number of ether oxygens (including phenoxy) is 1. The minimum atomic E-state index is -3.29. The molecule has 0 aliphatic carbocycles. The first-order chi connectivity index (χ1) is 11.9. The molecule has 0 radical (unpaired) electrons. The molecular weight excluding hydrogens is 330 g/mol. The highest BCUT2D eigenvalue weighted by Crippen LogP contribution is 2.24. The van der Waals surface area contributed by atoms with E-state index in [1.807, 2.05) is 0 Å². The van der Waals surface area contributed by atoms with Gasteiger partial charge in [-0.1, -0.05) is 0 Å². The van der Waals surface area contributed by atoms with Crippen molar-refractivity contribution in [2.75, 3.05) is 30.9 Å². The number of hydrogen-bond donors (Lipinski definition) is 0. The van der Waals surface area contributed by atoms with E-state index < -0.39 is 37.7 Å². The van der Waals surface area contributed by atoms with Gasteiger partial charge in [0.2, 0.25) is 0 Å². The van der Waals surface area contributed by atoms with Crippen LogP contribution in [0, 0.1) is 0 Å². The van der Waals surface area contributed by atoms with Crippen LogP contribution in [0.3, 0.4) is 0 Å². The summed E-state index contributed by atoms with van der Waals surface area (Å²) in [6.07, 6.45) is -1.51. The van der Waals surface area contributed by atoms with Gasteiger partial charge in [-0.25, -0.2) is 9.78 Å². The summed E-state index contributed by atoms with van der Waals surface area (Å²) in [7, 11) is 0. The van der Waals surface area contributed by atoms with Crippen molar-refractivity contribution in [2.45, 2.75) is 26.4 Å². The number of hydrogen-bond acceptors (Lipinski definition) is 5. The van der Waals surface area contributed by atoms with Crippen LogP contribution in [-0.2, 0) is 4.74 Å². The first kappa shape index (κ1) is 7.26. The Morgan fingerprint density at radius 1 is 1.47 bits per heavy atom. The zero-order valence-corrected chi connectivity index (χ0v) is 12.9. The fourth-order valence-corrected chi connectivity index (χ4v) is 2.27. The summed E-state index contributed by atoms with van der Waals surface area (Å²) < 4.78 is 70.9. The van der Waals surface area contributed by atoms with Gasteiger partial charge >= 0.3 is 6.09 Å². The van der Waals surface area contributed by atoms with Crippen molar-refractivity contribution < 1.29 is 20.5 Å². The average Bonchev–Trinajstić information content (AvgIpc) is 2.79. The summed E-state index contributed by atoms with van der Waals surface area (Å²) in [5.41, 5.74) is -1.13. The minimum Gasteiger partial charge on any atom is -0.444 e. The monoisotopic (exact) mass is 355 g/mol. The Bertz CT molecular complexity index is 723. The van der Waals surface area contributed by atoms with Crippen molar-refractivity contribution in [1.82, 2.24) is 9.88 Å². The molecule has 0 spiro atoms. The fraction of sp³-hybridized carbons (Fsp3) is 0.667. The molecule has 0 unspecified atom stereocenters. The number of carbonyl (C=O) groups is 1. The van der Waals surface area contributed by atoms with E-state index in [2.05, 4.69) is 20.9 Å². The van der Waals surface area contributed by atoms with Crippen molar-refractivity contribution >= 4 is 38.5 Å². The molecule has 2 heterocycles. The van der Waals surface area contributed by atoms with E-state index in [9.17, 15) is 4.79 Å². The third-order valence-electron chi connectivity index (χ3n) is 1.78. The van der Waals surface area contributed by atoms with E-state index in [0.29, 0.717) is 0 Å². The maximum Gasteiger partial charge on any atom is 0.410 e. The molecule has 0 atom stereocenters. The topological polar surface area (TPSA) is 45.7 Å². The predicted molar refractivity (Wildman–Crippen MR) is 79.8 cm³/mol. The van der Waals surface area contributed by atoms with Crippen molar-refractivity contribution in [2.24, 2.45) is 0 Å². The normalized spacial score (nSPS) is 33.5. The number of carbonyl (C=O) groups excluding carboxylic acids is 1. The molecule has 7 heteroatoms. The molecule has 19 heavy (non-hydrogen) atoms. The van der Waals surface area contributed by atoms with Crippen LogP contribution in [0.1, 0.15) is 31.7 Å². The van der Waals surface area contributed by atoms with Crippen LogP contribution in [0.25, 0.3) is 0 Å². The number of halogens is 1. The van der Waals surface area contributed by atoms with Gasteiger partial charge in [-0.05, 0) is 36.7 Å². The highest BCUT2D eigenvalue weighted by molar-refractivity contribution is 9.10. The summed E-state index contributed by atoms with van der Waals surface area (Å²) in [4.78, 5) is 16.6. The van der Waals surface area contributed by atoms with E-state index in [0.717, 1.165) is 11.3 Å². The molecule has 1 aliphatic rings. The zero-order valence-electron chi connectivity index (χ0n) is 18.5. The van der Waals surface area contributed by atoms with Gasteiger partial charge in [-0.15, -0.1) is 11.3 Å². The summed E-state index contributed by atoms with van der Waals surface area (Å²) in [5, 5.41) is 1.14. The van der Waals surface area contributed by atoms with Gasteiger partial charge in [0.15, 0.2) is 5.13 Å². The molecule has 5 nitrogen and oxygen atoms in total. The molecule has 1 aromatic rings. The summed E-state index contributed by atoms with van der Waals surface area (Å²) in [5.74, 6) is 0. The van der Waals surface area contributed by atoms with Crippen LogP contribution in [0.2, 0.25) is 0 Å². The van der Waals surface area contributed by atoms with Crippen LogP contribution >= 0.6 is 27.3 Å². The Kier molecular flexibility index (Phi) is 2.17. The Morgan fingerprint density at radius 3 is 2.58 bits per heavy atom. The molecule has 0 aromatic carbocycles. The van der Waals surface area contributed by atoms with Crippen molar-refractivity contribution in [1.29, 1.82) is 0 Å². The van der Waals surface area contributed by atoms with E-state index in [-0.39, 0.29) is 19.5 Å². The second kappa shape index (κ2) is 5.66. The van der Waals surface area contributed by atoms with Crippen LogP contribution in [0.5, 0.6) is 0 Å². The number of thiazole rings is 1. The summed E-state index contributed by atoms with van der Waals surface area (Å²) in [6, 6.07) is 0. The van der Waals surface area contributed by atoms with E-state index in [1.165, 1.54) is 26.2 Å². The number of nitrogens with zero attached hydrogens (tertiary/aromatic N) is 3. The van der Waals surface area contributed by atoms with Gasteiger partial charge < -0.3 is 14.5 Å². The van der Waals surface area contributed by atoms with Gasteiger partial charge in [0.05, 0.1) is 11.0 Å². The van der Waals surface area contributed by atoms with Gasteiger partial charge in [0.1, 0.15) is 10.2 Å². The summed E-state index contributed by atoms with van der Waals surface area (Å²) >= 11 is 3.86. The smallest absolute Gasteiger partial charge is 0.410 e. The van der Waals surface area contributed by atoms with Crippen LogP contribution in [0.15, 0.2) is 9.98 Å². The summed E-state index contributed by atoms with van der Waals surface area (Å²) in [6.45, 7) is -8.49. The van der Waals surface area contributed by atoms with Crippen LogP contribution < -0.4 is 4.90 Å². The Labute approximate surface area is 136 Å². The largest absolute Gasteiger partial charge is 0.444 e. The molecule has 1 aromatic heterocycles. The molecule has 1 saturated heterocycles. The van der Waals surface area contributed by atoms with E-state index >= 15 is 0 Å². The Hall–Kier alpha value is -0.820. The molecular formula is C12H18BrN3O2S. The molecule has 2 rings (SSSR count). The third kappa shape index (κ3) is 4.07. The van der Waals surface area contributed by atoms with Crippen molar-refractivity contribution in [3.8, 4) is 0 Å². The maximum atomic E-state index is 12.5. The third-order valence-corrected chi connectivity index (χ3v) is 3.31. The molecule has 106 valence electrons. The molecule has 1 aliphatic heterocycles. The molecule has 1 amide bonds. The minimum absolute atomic E-state index is 0.148. The molecule has 0 saturated carbocycles. The first-order valence-electron chi connectivity index (χ1n) is 9.32. The Balaban J connectivity index is 2.68. The fourth-order valence-electron chi connectivity index (χ4n) is 1.10. The lowest BCUT2D eigenvalue weighted by Gasteiger charge is -2.35. The SMILES string of the molecule is [2H]C1([2H])N(C(=O)OC(C)(C)C)C([2H])([2H])C([2H])([2H])N(c2nc(Br)cs2)C1([2H])[2H]. The quantitative estimate of drug-likeness (QED) is 0.776. The predicted octanol–water partition coefficient (Wildman–Crippen LogP) is 2.96. The van der Waals surface area contributed by atoms with Crippen molar-refractivity contribution in [3.63, 3.8) is 0 Å². The van der Waals surface area contributed by atoms with E-state index in [1.54, 1.807) is 0 Å². The van der Waals surface area contributed by atoms with Gasteiger partial charge in [0, 0.05) is 31.4 Å². The standard InChI is InChI=1S/C12H18BrN3O2S/c1-12(2,3)18-11(17)16-6-4-15(5-7-16)10-14-9(13)8-19-10/h8H,4-7H2,1-3H3/i4D2,5D2,6D2,7D2. The van der Waals surface area contributed by atoms with Gasteiger partial charge in [-0.3, -0.25) is 0 Å². The number of aromatic nitrogens is 1. The molecule has 1 fully saturated rings. The van der Waals surface area contributed by atoms with Gasteiger partial charge in [0.25, 0.3) is 0 Å². The number of rotatable bonds is 1. The number of piperazine rings is 1. The second-order valence-electron chi connectivity index (χ2n) is 4.55. The molecule has 0 N–H and O–H groups in total. The second-order valence-corrected chi connectivity index (χ2v) is 6.20. The molecule has 0 bridgehead atoms. The van der Waals surface area contributed by atoms with Crippen molar-refractivity contribution in [3.05, 3.63) is 9.98 Å².